The Hall–Kier alpha value is -1.80. The van der Waals surface area contributed by atoms with Gasteiger partial charge in [0.2, 0.25) is 0 Å². The molecule has 0 bridgehead atoms. The Morgan fingerprint density at radius 3 is 2.33 bits per heavy atom. The molecule has 0 heterocycles. The number of carboxylic acids is 1. The van der Waals surface area contributed by atoms with Crippen LogP contribution < -0.4 is 4.89 Å². The topological polar surface area (TPSA) is 89.9 Å². The summed E-state index contributed by atoms with van der Waals surface area (Å²) in [5.41, 5.74) is -0.0954. The van der Waals surface area contributed by atoms with Gasteiger partial charge in [-0.2, -0.15) is 4.89 Å². The maximum absolute atomic E-state index is 12.2. The lowest BCUT2D eigenvalue weighted by Crippen LogP contribution is -2.14. The Kier molecular flexibility index (Phi) is 6.06. The van der Waals surface area contributed by atoms with Gasteiger partial charge in [-0.15, -0.1) is 0 Å². The third-order valence-electron chi connectivity index (χ3n) is 2.90. The molecule has 2 rings (SSSR count). The molecule has 128 valence electrons. The average Bonchev–Trinajstić information content (AvgIpc) is 2.51. The van der Waals surface area contributed by atoms with E-state index in [9.17, 15) is 13.2 Å². The fourth-order valence-corrected chi connectivity index (χ4v) is 3.58. The van der Waals surface area contributed by atoms with Crippen molar-refractivity contribution in [2.24, 2.45) is 0 Å². The van der Waals surface area contributed by atoms with Gasteiger partial charge in [0.15, 0.2) is 15.6 Å². The molecule has 0 unspecified atom stereocenters. The van der Waals surface area contributed by atoms with Crippen molar-refractivity contribution in [2.75, 3.05) is 12.4 Å². The number of carboxylic acid groups (broad SMARTS) is 1. The Balaban J connectivity index is 1.98. The van der Waals surface area contributed by atoms with E-state index in [1.54, 1.807) is 6.07 Å². The van der Waals surface area contributed by atoms with E-state index < -0.39 is 15.8 Å². The maximum Gasteiger partial charge on any atom is 0.339 e. The highest BCUT2D eigenvalue weighted by molar-refractivity contribution is 7.91. The molecule has 0 spiro atoms. The number of para-hydroxylation sites is 1. The quantitative estimate of drug-likeness (QED) is 0.442. The minimum atomic E-state index is -3.68. The van der Waals surface area contributed by atoms with Gasteiger partial charge in [0.05, 0.1) is 10.6 Å². The minimum absolute atomic E-state index is 0.0202. The van der Waals surface area contributed by atoms with Crippen LogP contribution >= 0.6 is 23.2 Å². The van der Waals surface area contributed by atoms with Gasteiger partial charge in [-0.05, 0) is 30.3 Å². The zero-order valence-corrected chi connectivity index (χ0v) is 14.4. The highest BCUT2D eigenvalue weighted by Crippen LogP contribution is 2.23. The summed E-state index contributed by atoms with van der Waals surface area (Å²) in [7, 11) is -3.68. The molecule has 0 atom stereocenters. The zero-order valence-electron chi connectivity index (χ0n) is 12.1. The Morgan fingerprint density at radius 2 is 1.71 bits per heavy atom. The molecule has 0 aliphatic carbocycles. The molecule has 0 radical (unpaired) electrons. The van der Waals surface area contributed by atoms with Crippen LogP contribution in [0, 0.1) is 0 Å². The molecule has 2 aromatic rings. The van der Waals surface area contributed by atoms with Crippen LogP contribution in [-0.4, -0.2) is 31.9 Å². The molecule has 0 saturated heterocycles. The summed E-state index contributed by atoms with van der Waals surface area (Å²) >= 11 is 11.6. The van der Waals surface area contributed by atoms with Crippen LogP contribution in [0.3, 0.4) is 0 Å². The minimum Gasteiger partial charge on any atom is -0.478 e. The van der Waals surface area contributed by atoms with Crippen molar-refractivity contribution in [1.82, 2.24) is 0 Å². The summed E-state index contributed by atoms with van der Waals surface area (Å²) in [5, 5.41) is 9.40. The van der Waals surface area contributed by atoms with Gasteiger partial charge in [-0.1, -0.05) is 35.3 Å². The van der Waals surface area contributed by atoms with E-state index >= 15 is 0 Å². The summed E-state index contributed by atoms with van der Waals surface area (Å²) < 4.78 is 24.4. The van der Waals surface area contributed by atoms with Crippen molar-refractivity contribution in [3.63, 3.8) is 0 Å². The van der Waals surface area contributed by atoms with Gasteiger partial charge in [-0.3, -0.25) is 0 Å². The molecule has 0 fully saturated rings. The lowest BCUT2D eigenvalue weighted by Gasteiger charge is -2.08. The van der Waals surface area contributed by atoms with E-state index in [1.165, 1.54) is 36.4 Å². The zero-order chi connectivity index (χ0) is 17.7. The van der Waals surface area contributed by atoms with Crippen molar-refractivity contribution in [3.05, 3.63) is 58.1 Å². The third-order valence-corrected chi connectivity index (χ3v) is 4.99. The molecule has 0 aliphatic heterocycles. The fourth-order valence-electron chi connectivity index (χ4n) is 1.79. The summed E-state index contributed by atoms with van der Waals surface area (Å²) in [5.74, 6) is -1.59. The smallest absolute Gasteiger partial charge is 0.339 e. The highest BCUT2D eigenvalue weighted by Gasteiger charge is 2.17. The Bertz CT molecular complexity index is 831. The van der Waals surface area contributed by atoms with Crippen molar-refractivity contribution in [3.8, 4) is 5.75 Å². The van der Waals surface area contributed by atoms with E-state index in [2.05, 4.69) is 0 Å². The molecule has 6 nitrogen and oxygen atoms in total. The summed E-state index contributed by atoms with van der Waals surface area (Å²) in [6.07, 6.45) is 0. The average molecular weight is 391 g/mol. The largest absolute Gasteiger partial charge is 0.478 e. The van der Waals surface area contributed by atoms with Crippen LogP contribution in [0.15, 0.2) is 47.4 Å². The van der Waals surface area contributed by atoms with Crippen LogP contribution in [0.5, 0.6) is 5.75 Å². The molecule has 2 aromatic carbocycles. The first-order valence-electron chi connectivity index (χ1n) is 6.60. The fraction of sp³-hybridized carbons (Fsp3) is 0.133. The molecule has 24 heavy (non-hydrogen) atoms. The number of hydrogen-bond donors (Lipinski definition) is 1. The first-order valence-corrected chi connectivity index (χ1v) is 9.01. The molecule has 1 N–H and O–H groups in total. The Morgan fingerprint density at radius 1 is 1.08 bits per heavy atom. The predicted octanol–water partition coefficient (Wildman–Crippen LogP) is 3.48. The van der Waals surface area contributed by atoms with Gasteiger partial charge in [-0.25, -0.2) is 13.2 Å². The first-order chi connectivity index (χ1) is 11.3. The third kappa shape index (κ3) is 4.85. The normalized spacial score (nSPS) is 11.2. The van der Waals surface area contributed by atoms with Crippen LogP contribution in [0.1, 0.15) is 10.4 Å². The van der Waals surface area contributed by atoms with E-state index in [-0.39, 0.29) is 38.6 Å². The van der Waals surface area contributed by atoms with Gasteiger partial charge >= 0.3 is 5.97 Å². The second-order valence-corrected chi connectivity index (χ2v) is 7.61. The lowest BCUT2D eigenvalue weighted by molar-refractivity contribution is -0.201. The van der Waals surface area contributed by atoms with Crippen LogP contribution in [0.2, 0.25) is 10.0 Å². The number of rotatable bonds is 7. The van der Waals surface area contributed by atoms with Gasteiger partial charge in [0.25, 0.3) is 0 Å². The lowest BCUT2D eigenvalue weighted by atomic mass is 10.2. The van der Waals surface area contributed by atoms with Gasteiger partial charge < -0.3 is 9.99 Å². The highest BCUT2D eigenvalue weighted by atomic mass is 35.5. The summed E-state index contributed by atoms with van der Waals surface area (Å²) in [6.45, 7) is -0.305. The molecule has 9 heteroatoms. The van der Waals surface area contributed by atoms with E-state index in [0.29, 0.717) is 0 Å². The van der Waals surface area contributed by atoms with Gasteiger partial charge in [0, 0.05) is 10.0 Å². The second kappa shape index (κ2) is 7.85. The monoisotopic (exact) mass is 390 g/mol. The van der Waals surface area contributed by atoms with Crippen LogP contribution in [0.25, 0.3) is 0 Å². The number of halogens is 2. The number of hydrogen-bond acceptors (Lipinski definition) is 5. The van der Waals surface area contributed by atoms with E-state index in [4.69, 9.17) is 38.1 Å². The standard InChI is InChI=1S/C15H12Cl2O6S/c16-10-7-11(17)9-12(8-10)24(20,21)6-5-22-23-14-4-2-1-3-13(14)15(18)19/h1-4,7-9H,5-6H2,(H,18,19). The SMILES string of the molecule is O=C(O)c1ccccc1OOCCS(=O)(=O)c1cc(Cl)cc(Cl)c1. The van der Waals surface area contributed by atoms with E-state index in [1.807, 2.05) is 0 Å². The molecule has 0 aromatic heterocycles. The maximum atomic E-state index is 12.2. The van der Waals surface area contributed by atoms with Crippen molar-refractivity contribution in [2.45, 2.75) is 4.90 Å². The second-order valence-electron chi connectivity index (χ2n) is 4.63. The number of aromatic carboxylic acids is 1. The molecule has 0 aliphatic rings. The Labute approximate surface area is 148 Å². The van der Waals surface area contributed by atoms with Crippen molar-refractivity contribution >= 4 is 39.0 Å². The van der Waals surface area contributed by atoms with Crippen LogP contribution in [-0.2, 0) is 14.7 Å². The molecule has 0 amide bonds. The molecular formula is C15H12Cl2O6S. The van der Waals surface area contributed by atoms with Crippen molar-refractivity contribution < 1.29 is 28.1 Å². The molecular weight excluding hydrogens is 379 g/mol. The summed E-state index contributed by atoms with van der Waals surface area (Å²) in [6, 6.07) is 9.82. The van der Waals surface area contributed by atoms with E-state index in [0.717, 1.165) is 0 Å². The van der Waals surface area contributed by atoms with Gasteiger partial charge in [0.1, 0.15) is 12.2 Å². The van der Waals surface area contributed by atoms with Crippen molar-refractivity contribution in [1.29, 1.82) is 0 Å². The number of sulfone groups is 1. The molecule has 0 saturated carbocycles. The van der Waals surface area contributed by atoms with Crippen LogP contribution in [0.4, 0.5) is 0 Å². The number of carbonyl (C=O) groups is 1. The summed E-state index contributed by atoms with van der Waals surface area (Å²) in [4.78, 5) is 20.7. The predicted molar refractivity (Wildman–Crippen MR) is 88.5 cm³/mol. The number of benzene rings is 2. The first kappa shape index (κ1) is 18.5.